The van der Waals surface area contributed by atoms with Crippen LogP contribution in [0.1, 0.15) is 5.56 Å². The standard InChI is InChI=1S/C20H13BrN2O/c21-18-10-3-4-11-19(18)23-20(24)16(13-22)12-15-8-5-7-14-6-1-2-9-17(14)15/h1-12H,(H,23,24)/b16-12+. The van der Waals surface area contributed by atoms with Crippen molar-refractivity contribution in [1.29, 1.82) is 5.26 Å². The van der Waals surface area contributed by atoms with Gasteiger partial charge in [-0.3, -0.25) is 4.79 Å². The third-order valence-corrected chi connectivity index (χ3v) is 4.30. The predicted octanol–water partition coefficient (Wildman–Crippen LogP) is 5.15. The van der Waals surface area contributed by atoms with Gasteiger partial charge in [-0.25, -0.2) is 0 Å². The summed E-state index contributed by atoms with van der Waals surface area (Å²) in [5.41, 5.74) is 1.52. The summed E-state index contributed by atoms with van der Waals surface area (Å²) in [7, 11) is 0. The summed E-state index contributed by atoms with van der Waals surface area (Å²) < 4.78 is 0.765. The number of fused-ring (bicyclic) bond motifs is 1. The van der Waals surface area contributed by atoms with E-state index in [1.54, 1.807) is 12.1 Å². The molecule has 0 heterocycles. The smallest absolute Gasteiger partial charge is 0.266 e. The van der Waals surface area contributed by atoms with E-state index < -0.39 is 5.91 Å². The van der Waals surface area contributed by atoms with Crippen molar-refractivity contribution >= 4 is 44.4 Å². The topological polar surface area (TPSA) is 52.9 Å². The van der Waals surface area contributed by atoms with Gasteiger partial charge in [-0.1, -0.05) is 54.6 Å². The van der Waals surface area contributed by atoms with Gasteiger partial charge in [-0.2, -0.15) is 5.26 Å². The molecule has 0 spiro atoms. The second kappa shape index (κ2) is 7.12. The Morgan fingerprint density at radius 2 is 1.71 bits per heavy atom. The van der Waals surface area contributed by atoms with Crippen LogP contribution < -0.4 is 5.32 Å². The molecule has 0 aliphatic rings. The first-order chi connectivity index (χ1) is 11.7. The van der Waals surface area contributed by atoms with Crippen molar-refractivity contribution < 1.29 is 4.79 Å². The Morgan fingerprint density at radius 1 is 1.00 bits per heavy atom. The SMILES string of the molecule is N#C/C(=C\c1cccc2ccccc12)C(=O)Nc1ccccc1Br. The second-order valence-electron chi connectivity index (χ2n) is 5.17. The van der Waals surface area contributed by atoms with Crippen molar-refractivity contribution in [3.05, 3.63) is 82.3 Å². The number of hydrogen-bond acceptors (Lipinski definition) is 2. The van der Waals surface area contributed by atoms with E-state index in [-0.39, 0.29) is 5.57 Å². The molecule has 0 atom stereocenters. The minimum Gasteiger partial charge on any atom is -0.320 e. The van der Waals surface area contributed by atoms with Crippen molar-refractivity contribution in [3.63, 3.8) is 0 Å². The average Bonchev–Trinajstić information content (AvgIpc) is 2.61. The molecular formula is C20H13BrN2O. The number of hydrogen-bond donors (Lipinski definition) is 1. The van der Waals surface area contributed by atoms with Crippen LogP contribution >= 0.6 is 15.9 Å². The maximum Gasteiger partial charge on any atom is 0.266 e. The number of nitrogens with zero attached hydrogens (tertiary/aromatic N) is 1. The van der Waals surface area contributed by atoms with E-state index in [0.717, 1.165) is 20.8 Å². The minimum atomic E-state index is -0.433. The van der Waals surface area contributed by atoms with Gasteiger partial charge in [-0.15, -0.1) is 0 Å². The molecule has 0 bridgehead atoms. The number of nitriles is 1. The number of amides is 1. The zero-order valence-corrected chi connectivity index (χ0v) is 14.2. The molecule has 0 unspecified atom stereocenters. The molecule has 0 aliphatic carbocycles. The molecule has 0 aliphatic heterocycles. The van der Waals surface area contributed by atoms with Gasteiger partial charge in [0.25, 0.3) is 5.91 Å². The summed E-state index contributed by atoms with van der Waals surface area (Å²) in [5, 5.41) is 14.2. The van der Waals surface area contributed by atoms with E-state index in [4.69, 9.17) is 0 Å². The molecule has 0 saturated carbocycles. The van der Waals surface area contributed by atoms with Crippen LogP contribution in [0.2, 0.25) is 0 Å². The fraction of sp³-hybridized carbons (Fsp3) is 0. The van der Waals surface area contributed by atoms with Crippen LogP contribution in [0.15, 0.2) is 76.8 Å². The monoisotopic (exact) mass is 376 g/mol. The number of benzene rings is 3. The number of rotatable bonds is 3. The normalized spacial score (nSPS) is 11.1. The Kier molecular flexibility index (Phi) is 4.74. The van der Waals surface area contributed by atoms with E-state index in [2.05, 4.69) is 21.2 Å². The summed E-state index contributed by atoms with van der Waals surface area (Å²) in [6, 6.07) is 22.9. The molecule has 0 aromatic heterocycles. The van der Waals surface area contributed by atoms with Crippen molar-refractivity contribution in [2.45, 2.75) is 0 Å². The summed E-state index contributed by atoms with van der Waals surface area (Å²) in [6.45, 7) is 0. The molecule has 0 saturated heterocycles. The average molecular weight is 377 g/mol. The lowest BCUT2D eigenvalue weighted by atomic mass is 10.0. The Labute approximate surface area is 148 Å². The fourth-order valence-electron chi connectivity index (χ4n) is 2.43. The molecule has 0 fully saturated rings. The molecule has 3 nitrogen and oxygen atoms in total. The maximum absolute atomic E-state index is 12.4. The van der Waals surface area contributed by atoms with Crippen LogP contribution in [0, 0.1) is 11.3 Å². The minimum absolute atomic E-state index is 0.0575. The van der Waals surface area contributed by atoms with Crippen LogP contribution in [-0.2, 0) is 4.79 Å². The van der Waals surface area contributed by atoms with Crippen LogP contribution in [-0.4, -0.2) is 5.91 Å². The molecule has 3 aromatic rings. The van der Waals surface area contributed by atoms with Gasteiger partial charge in [0.05, 0.1) is 5.69 Å². The summed E-state index contributed by atoms with van der Waals surface area (Å²) in [6.07, 6.45) is 1.62. The van der Waals surface area contributed by atoms with E-state index in [1.807, 2.05) is 66.7 Å². The van der Waals surface area contributed by atoms with Crippen molar-refractivity contribution in [2.75, 3.05) is 5.32 Å². The highest BCUT2D eigenvalue weighted by atomic mass is 79.9. The van der Waals surface area contributed by atoms with Crippen LogP contribution in [0.5, 0.6) is 0 Å². The molecule has 1 amide bonds. The van der Waals surface area contributed by atoms with E-state index in [0.29, 0.717) is 5.69 Å². The number of halogens is 1. The molecule has 3 rings (SSSR count). The number of carbonyl (C=O) groups is 1. The molecule has 3 aromatic carbocycles. The van der Waals surface area contributed by atoms with Gasteiger partial charge in [0.2, 0.25) is 0 Å². The Hall–Kier alpha value is -2.90. The van der Waals surface area contributed by atoms with Gasteiger partial charge >= 0.3 is 0 Å². The lowest BCUT2D eigenvalue weighted by molar-refractivity contribution is -0.112. The highest BCUT2D eigenvalue weighted by Gasteiger charge is 2.11. The van der Waals surface area contributed by atoms with Crippen LogP contribution in [0.4, 0.5) is 5.69 Å². The zero-order valence-electron chi connectivity index (χ0n) is 12.7. The molecule has 24 heavy (non-hydrogen) atoms. The van der Waals surface area contributed by atoms with Gasteiger partial charge in [-0.05, 0) is 50.5 Å². The lowest BCUT2D eigenvalue weighted by Gasteiger charge is -2.07. The summed E-state index contributed by atoms with van der Waals surface area (Å²) in [5.74, 6) is -0.433. The van der Waals surface area contributed by atoms with E-state index in [9.17, 15) is 10.1 Å². The Morgan fingerprint density at radius 3 is 2.50 bits per heavy atom. The molecule has 116 valence electrons. The third-order valence-electron chi connectivity index (χ3n) is 3.61. The number of para-hydroxylation sites is 1. The lowest BCUT2D eigenvalue weighted by Crippen LogP contribution is -2.13. The van der Waals surface area contributed by atoms with Gasteiger partial charge in [0, 0.05) is 4.47 Å². The fourth-order valence-corrected chi connectivity index (χ4v) is 2.82. The number of nitrogens with one attached hydrogen (secondary N) is 1. The van der Waals surface area contributed by atoms with Crippen molar-refractivity contribution in [1.82, 2.24) is 0 Å². The van der Waals surface area contributed by atoms with E-state index in [1.165, 1.54) is 0 Å². The largest absolute Gasteiger partial charge is 0.320 e. The van der Waals surface area contributed by atoms with Crippen molar-refractivity contribution in [3.8, 4) is 6.07 Å². The predicted molar refractivity (Wildman–Crippen MR) is 100 cm³/mol. The number of anilines is 1. The quantitative estimate of drug-likeness (QED) is 0.507. The van der Waals surface area contributed by atoms with Crippen LogP contribution in [0.3, 0.4) is 0 Å². The van der Waals surface area contributed by atoms with Crippen LogP contribution in [0.25, 0.3) is 16.8 Å². The second-order valence-corrected chi connectivity index (χ2v) is 6.03. The Balaban J connectivity index is 1.96. The van der Waals surface area contributed by atoms with Gasteiger partial charge in [0.15, 0.2) is 0 Å². The molecule has 0 radical (unpaired) electrons. The highest BCUT2D eigenvalue weighted by Crippen LogP contribution is 2.23. The third kappa shape index (κ3) is 3.37. The number of carbonyl (C=O) groups excluding carboxylic acids is 1. The van der Waals surface area contributed by atoms with Gasteiger partial charge < -0.3 is 5.32 Å². The first-order valence-corrected chi connectivity index (χ1v) is 8.14. The molecule has 4 heteroatoms. The molecular weight excluding hydrogens is 364 g/mol. The summed E-state index contributed by atoms with van der Waals surface area (Å²) in [4.78, 5) is 12.4. The Bertz CT molecular complexity index is 981. The first kappa shape index (κ1) is 16.0. The zero-order chi connectivity index (χ0) is 16.9. The highest BCUT2D eigenvalue weighted by molar-refractivity contribution is 9.10. The first-order valence-electron chi connectivity index (χ1n) is 7.34. The van der Waals surface area contributed by atoms with E-state index >= 15 is 0 Å². The molecule has 1 N–H and O–H groups in total. The van der Waals surface area contributed by atoms with Gasteiger partial charge in [0.1, 0.15) is 11.6 Å². The van der Waals surface area contributed by atoms with Crippen molar-refractivity contribution in [2.24, 2.45) is 0 Å². The summed E-state index contributed by atoms with van der Waals surface area (Å²) >= 11 is 3.38. The maximum atomic E-state index is 12.4.